The Labute approximate surface area is 105 Å². The highest BCUT2D eigenvalue weighted by molar-refractivity contribution is 5.59. The van der Waals surface area contributed by atoms with E-state index in [9.17, 15) is 0 Å². The minimum absolute atomic E-state index is 0.840. The summed E-state index contributed by atoms with van der Waals surface area (Å²) in [6.45, 7) is 5.59. The van der Waals surface area contributed by atoms with Crippen molar-refractivity contribution in [1.29, 1.82) is 0 Å². The Morgan fingerprint density at radius 2 is 1.94 bits per heavy atom. The summed E-state index contributed by atoms with van der Waals surface area (Å²) in [6, 6.07) is 6.09. The van der Waals surface area contributed by atoms with Crippen LogP contribution in [-0.2, 0) is 0 Å². The molecular formula is C15H24N2. The summed E-state index contributed by atoms with van der Waals surface area (Å²) in [6.07, 6.45) is 5.52. The van der Waals surface area contributed by atoms with E-state index in [0.717, 1.165) is 24.1 Å². The van der Waals surface area contributed by atoms with Crippen LogP contribution in [0.15, 0.2) is 18.2 Å². The van der Waals surface area contributed by atoms with Crippen molar-refractivity contribution in [2.45, 2.75) is 39.5 Å². The van der Waals surface area contributed by atoms with Crippen LogP contribution < -0.4 is 11.1 Å². The highest BCUT2D eigenvalue weighted by Gasteiger charge is 2.17. The van der Waals surface area contributed by atoms with Crippen molar-refractivity contribution in [2.24, 2.45) is 11.8 Å². The zero-order valence-electron chi connectivity index (χ0n) is 11.0. The topological polar surface area (TPSA) is 38.0 Å². The Bertz CT molecular complexity index is 365. The van der Waals surface area contributed by atoms with Gasteiger partial charge in [-0.15, -0.1) is 0 Å². The molecule has 1 aromatic carbocycles. The van der Waals surface area contributed by atoms with Crippen LogP contribution in [0.2, 0.25) is 0 Å². The molecule has 0 aromatic heterocycles. The maximum absolute atomic E-state index is 5.81. The van der Waals surface area contributed by atoms with Crippen LogP contribution in [0, 0.1) is 18.8 Å². The van der Waals surface area contributed by atoms with Crippen molar-refractivity contribution < 1.29 is 0 Å². The molecule has 1 aromatic rings. The summed E-state index contributed by atoms with van der Waals surface area (Å²) in [4.78, 5) is 0. The lowest BCUT2D eigenvalue weighted by molar-refractivity contribution is 0.300. The maximum Gasteiger partial charge on any atom is 0.0390 e. The predicted molar refractivity (Wildman–Crippen MR) is 75.2 cm³/mol. The smallest absolute Gasteiger partial charge is 0.0390 e. The number of nitrogen functional groups attached to an aromatic ring is 1. The lowest BCUT2D eigenvalue weighted by atomic mass is 9.83. The molecule has 1 aliphatic rings. The summed E-state index contributed by atoms with van der Waals surface area (Å²) in [5.41, 5.74) is 9.14. The second kappa shape index (κ2) is 5.44. The van der Waals surface area contributed by atoms with Gasteiger partial charge in [-0.2, -0.15) is 0 Å². The van der Waals surface area contributed by atoms with Crippen LogP contribution in [0.25, 0.3) is 0 Å². The molecule has 17 heavy (non-hydrogen) atoms. The van der Waals surface area contributed by atoms with Gasteiger partial charge >= 0.3 is 0 Å². The third-order valence-corrected chi connectivity index (χ3v) is 3.98. The number of anilines is 2. The molecule has 3 N–H and O–H groups in total. The average molecular weight is 232 g/mol. The quantitative estimate of drug-likeness (QED) is 0.778. The van der Waals surface area contributed by atoms with Crippen molar-refractivity contribution in [3.05, 3.63) is 23.8 Å². The zero-order chi connectivity index (χ0) is 12.3. The third kappa shape index (κ3) is 3.39. The molecule has 0 unspecified atom stereocenters. The molecule has 0 amide bonds. The Hall–Kier alpha value is -1.18. The molecule has 2 rings (SSSR count). The van der Waals surface area contributed by atoms with E-state index in [2.05, 4.69) is 25.2 Å². The van der Waals surface area contributed by atoms with E-state index in [4.69, 9.17) is 5.73 Å². The van der Waals surface area contributed by atoms with E-state index in [1.165, 1.54) is 36.9 Å². The molecule has 1 saturated carbocycles. The number of hydrogen-bond donors (Lipinski definition) is 2. The van der Waals surface area contributed by atoms with Gasteiger partial charge in [0, 0.05) is 17.9 Å². The molecule has 2 heteroatoms. The molecular weight excluding hydrogens is 208 g/mol. The first-order valence-corrected chi connectivity index (χ1v) is 6.75. The first-order valence-electron chi connectivity index (χ1n) is 6.75. The van der Waals surface area contributed by atoms with Crippen molar-refractivity contribution in [1.82, 2.24) is 0 Å². The summed E-state index contributed by atoms with van der Waals surface area (Å²) < 4.78 is 0. The van der Waals surface area contributed by atoms with Crippen LogP contribution in [0.3, 0.4) is 0 Å². The minimum atomic E-state index is 0.840. The molecule has 0 atom stereocenters. The number of rotatable bonds is 3. The van der Waals surface area contributed by atoms with Gasteiger partial charge in [0.05, 0.1) is 0 Å². The Kier molecular flexibility index (Phi) is 3.93. The fourth-order valence-corrected chi connectivity index (χ4v) is 2.62. The molecule has 94 valence electrons. The second-order valence-electron chi connectivity index (χ2n) is 5.58. The third-order valence-electron chi connectivity index (χ3n) is 3.98. The number of nitrogens with two attached hydrogens (primary N) is 1. The lowest BCUT2D eigenvalue weighted by Gasteiger charge is -2.26. The molecule has 0 saturated heterocycles. The van der Waals surface area contributed by atoms with Crippen molar-refractivity contribution in [3.8, 4) is 0 Å². The summed E-state index contributed by atoms with van der Waals surface area (Å²) in [5, 5.41) is 3.56. The van der Waals surface area contributed by atoms with Crippen LogP contribution in [-0.4, -0.2) is 6.54 Å². The van der Waals surface area contributed by atoms with E-state index in [1.54, 1.807) is 0 Å². The van der Waals surface area contributed by atoms with E-state index in [-0.39, 0.29) is 0 Å². The average Bonchev–Trinajstić information content (AvgIpc) is 2.32. The van der Waals surface area contributed by atoms with Crippen molar-refractivity contribution in [2.75, 3.05) is 17.6 Å². The lowest BCUT2D eigenvalue weighted by Crippen LogP contribution is -2.20. The SMILES string of the molecule is Cc1ccc(N)cc1NCC1CCC(C)CC1. The van der Waals surface area contributed by atoms with Crippen LogP contribution in [0.1, 0.15) is 38.2 Å². The molecule has 0 bridgehead atoms. The van der Waals surface area contributed by atoms with Gasteiger partial charge in [-0.3, -0.25) is 0 Å². The predicted octanol–water partition coefficient (Wildman–Crippen LogP) is 3.82. The molecule has 0 spiro atoms. The van der Waals surface area contributed by atoms with Crippen molar-refractivity contribution >= 4 is 11.4 Å². The molecule has 2 nitrogen and oxygen atoms in total. The fourth-order valence-electron chi connectivity index (χ4n) is 2.62. The zero-order valence-corrected chi connectivity index (χ0v) is 11.0. The summed E-state index contributed by atoms with van der Waals surface area (Å²) in [7, 11) is 0. The summed E-state index contributed by atoms with van der Waals surface area (Å²) >= 11 is 0. The highest BCUT2D eigenvalue weighted by atomic mass is 14.9. The Morgan fingerprint density at radius 3 is 2.65 bits per heavy atom. The number of nitrogens with one attached hydrogen (secondary N) is 1. The van der Waals surface area contributed by atoms with E-state index < -0.39 is 0 Å². The minimum Gasteiger partial charge on any atom is -0.399 e. The van der Waals surface area contributed by atoms with E-state index in [1.807, 2.05) is 12.1 Å². The Morgan fingerprint density at radius 1 is 1.24 bits per heavy atom. The molecule has 0 radical (unpaired) electrons. The maximum atomic E-state index is 5.81. The standard InChI is InChI=1S/C15H24N2/c1-11-3-6-13(7-4-11)10-17-15-9-14(16)8-5-12(15)2/h5,8-9,11,13,17H,3-4,6-7,10,16H2,1-2H3. The first-order chi connectivity index (χ1) is 8.15. The van der Waals surface area contributed by atoms with Crippen molar-refractivity contribution in [3.63, 3.8) is 0 Å². The monoisotopic (exact) mass is 232 g/mol. The number of benzene rings is 1. The van der Waals surface area contributed by atoms with Crippen LogP contribution in [0.4, 0.5) is 11.4 Å². The van der Waals surface area contributed by atoms with Crippen LogP contribution in [0.5, 0.6) is 0 Å². The number of hydrogen-bond acceptors (Lipinski definition) is 2. The van der Waals surface area contributed by atoms with Gasteiger partial charge < -0.3 is 11.1 Å². The van der Waals surface area contributed by atoms with Gasteiger partial charge in [0.15, 0.2) is 0 Å². The van der Waals surface area contributed by atoms with E-state index >= 15 is 0 Å². The van der Waals surface area contributed by atoms with Gasteiger partial charge in [0.25, 0.3) is 0 Å². The number of aryl methyl sites for hydroxylation is 1. The highest BCUT2D eigenvalue weighted by Crippen LogP contribution is 2.29. The van der Waals surface area contributed by atoms with E-state index in [0.29, 0.717) is 0 Å². The Balaban J connectivity index is 1.87. The van der Waals surface area contributed by atoms with Gasteiger partial charge in [0.2, 0.25) is 0 Å². The van der Waals surface area contributed by atoms with Gasteiger partial charge in [0.1, 0.15) is 0 Å². The van der Waals surface area contributed by atoms with Crippen LogP contribution >= 0.6 is 0 Å². The molecule has 1 fully saturated rings. The fraction of sp³-hybridized carbons (Fsp3) is 0.600. The molecule has 1 aliphatic carbocycles. The summed E-state index contributed by atoms with van der Waals surface area (Å²) in [5.74, 6) is 1.77. The van der Waals surface area contributed by atoms with Gasteiger partial charge in [-0.1, -0.05) is 25.8 Å². The molecule has 0 aliphatic heterocycles. The van der Waals surface area contributed by atoms with Gasteiger partial charge in [-0.25, -0.2) is 0 Å². The van der Waals surface area contributed by atoms with Gasteiger partial charge in [-0.05, 0) is 49.3 Å². The first kappa shape index (κ1) is 12.3. The largest absolute Gasteiger partial charge is 0.399 e. The second-order valence-corrected chi connectivity index (χ2v) is 5.58. The normalized spacial score (nSPS) is 24.6. The molecule has 0 heterocycles.